The highest BCUT2D eigenvalue weighted by molar-refractivity contribution is 6.30. The second-order valence-corrected chi connectivity index (χ2v) is 3.20. The third-order valence-corrected chi connectivity index (χ3v) is 1.97. The molecule has 0 saturated carbocycles. The molecule has 0 aliphatic heterocycles. The van der Waals surface area contributed by atoms with Crippen LogP contribution in [0.4, 0.5) is 8.78 Å². The van der Waals surface area contributed by atoms with E-state index in [9.17, 15) is 8.78 Å². The van der Waals surface area contributed by atoms with Crippen LogP contribution in [0.2, 0.25) is 5.02 Å². The van der Waals surface area contributed by atoms with Gasteiger partial charge in [-0.05, 0) is 18.2 Å². The van der Waals surface area contributed by atoms with E-state index in [2.05, 4.69) is 9.58 Å². The van der Waals surface area contributed by atoms with Gasteiger partial charge in [0.05, 0.1) is 0 Å². The fraction of sp³-hybridized carbons (Fsp3) is 0.300. The first-order valence-electron chi connectivity index (χ1n) is 4.20. The van der Waals surface area contributed by atoms with Crippen LogP contribution in [-0.2, 0) is 6.42 Å². The van der Waals surface area contributed by atoms with Crippen LogP contribution in [0.15, 0.2) is 18.2 Å². The zero-order chi connectivity index (χ0) is 11.3. The molecule has 5 heteroatoms. The van der Waals surface area contributed by atoms with Gasteiger partial charge in [0, 0.05) is 17.0 Å². The Kier molecular flexibility index (Phi) is 4.32. The lowest BCUT2D eigenvalue weighted by Crippen LogP contribution is -2.05. The summed E-state index contributed by atoms with van der Waals surface area (Å²) in [7, 11) is 0. The van der Waals surface area contributed by atoms with Gasteiger partial charge in [-0.25, -0.2) is 6.57 Å². The number of hydrogen-bond donors (Lipinski definition) is 0. The molecule has 0 aliphatic rings. The third kappa shape index (κ3) is 3.72. The summed E-state index contributed by atoms with van der Waals surface area (Å²) in [6.07, 6.45) is 0.353. The van der Waals surface area contributed by atoms with E-state index in [1.807, 2.05) is 0 Å². The molecule has 0 fully saturated rings. The molecule has 0 aromatic heterocycles. The maximum absolute atomic E-state index is 12.0. The van der Waals surface area contributed by atoms with E-state index in [4.69, 9.17) is 18.2 Å². The first kappa shape index (κ1) is 11.7. The van der Waals surface area contributed by atoms with Gasteiger partial charge in [0.2, 0.25) is 6.54 Å². The number of hydrogen-bond acceptors (Lipinski definition) is 1. The van der Waals surface area contributed by atoms with Crippen LogP contribution in [0.5, 0.6) is 5.75 Å². The number of rotatable bonds is 4. The summed E-state index contributed by atoms with van der Waals surface area (Å²) in [5.41, 5.74) is 0.527. The fourth-order valence-corrected chi connectivity index (χ4v) is 1.33. The van der Waals surface area contributed by atoms with Crippen LogP contribution in [0, 0.1) is 6.57 Å². The Labute approximate surface area is 91.2 Å². The quantitative estimate of drug-likeness (QED) is 0.724. The van der Waals surface area contributed by atoms with Gasteiger partial charge in [0.15, 0.2) is 0 Å². The van der Waals surface area contributed by atoms with E-state index in [0.717, 1.165) is 0 Å². The molecule has 80 valence electrons. The van der Waals surface area contributed by atoms with Gasteiger partial charge in [0.25, 0.3) is 0 Å². The van der Waals surface area contributed by atoms with Crippen molar-refractivity contribution in [3.05, 3.63) is 40.2 Å². The largest absolute Gasteiger partial charge is 0.435 e. The molecule has 1 rings (SSSR count). The van der Waals surface area contributed by atoms with Crippen LogP contribution in [0.1, 0.15) is 5.56 Å². The zero-order valence-corrected chi connectivity index (χ0v) is 8.47. The van der Waals surface area contributed by atoms with Gasteiger partial charge in [-0.2, -0.15) is 8.78 Å². The van der Waals surface area contributed by atoms with Crippen LogP contribution >= 0.6 is 11.6 Å². The summed E-state index contributed by atoms with van der Waals surface area (Å²) in [6.45, 7) is 3.98. The minimum absolute atomic E-state index is 0.0815. The molecule has 0 saturated heterocycles. The van der Waals surface area contributed by atoms with Crippen LogP contribution in [0.25, 0.3) is 4.85 Å². The number of halogens is 3. The Morgan fingerprint density at radius 1 is 1.47 bits per heavy atom. The van der Waals surface area contributed by atoms with Gasteiger partial charge in [-0.1, -0.05) is 11.6 Å². The molecule has 0 aliphatic carbocycles. The first-order valence-corrected chi connectivity index (χ1v) is 4.57. The lowest BCUT2D eigenvalue weighted by molar-refractivity contribution is -0.0504. The smallest absolute Gasteiger partial charge is 0.387 e. The van der Waals surface area contributed by atoms with Gasteiger partial charge >= 0.3 is 6.61 Å². The standard InChI is InChI=1S/C10H8ClF2NO/c1-14-5-4-7-6-8(11)2-3-9(7)15-10(12)13/h2-3,6,10H,4-5H2. The second kappa shape index (κ2) is 5.52. The lowest BCUT2D eigenvalue weighted by atomic mass is 10.1. The Balaban J connectivity index is 2.88. The maximum atomic E-state index is 12.0. The van der Waals surface area contributed by atoms with E-state index in [0.29, 0.717) is 17.0 Å². The molecule has 0 heterocycles. The molecule has 1 aromatic carbocycles. The maximum Gasteiger partial charge on any atom is 0.387 e. The normalized spacial score (nSPS) is 10.1. The summed E-state index contributed by atoms with van der Waals surface area (Å²) in [5, 5.41) is 0.441. The molecule has 0 bridgehead atoms. The summed E-state index contributed by atoms with van der Waals surface area (Å²) in [5.74, 6) is 0.0815. The number of benzene rings is 1. The summed E-state index contributed by atoms with van der Waals surface area (Å²) < 4.78 is 28.3. The lowest BCUT2D eigenvalue weighted by Gasteiger charge is -2.09. The second-order valence-electron chi connectivity index (χ2n) is 2.76. The average molecular weight is 232 g/mol. The van der Waals surface area contributed by atoms with Crippen LogP contribution < -0.4 is 4.74 Å². The molecule has 0 amide bonds. The van der Waals surface area contributed by atoms with Gasteiger partial charge < -0.3 is 9.58 Å². The highest BCUT2D eigenvalue weighted by atomic mass is 35.5. The SMILES string of the molecule is [C-]#[N+]CCc1cc(Cl)ccc1OC(F)F. The van der Waals surface area contributed by atoms with Crippen molar-refractivity contribution in [3.63, 3.8) is 0 Å². The van der Waals surface area contributed by atoms with Crippen LogP contribution in [-0.4, -0.2) is 13.2 Å². The minimum atomic E-state index is -2.86. The Hall–Kier alpha value is -1.34. The van der Waals surface area contributed by atoms with E-state index >= 15 is 0 Å². The van der Waals surface area contributed by atoms with Gasteiger partial charge in [-0.15, -0.1) is 0 Å². The predicted octanol–water partition coefficient (Wildman–Crippen LogP) is 3.40. The molecule has 15 heavy (non-hydrogen) atoms. The number of ether oxygens (including phenoxy) is 1. The van der Waals surface area contributed by atoms with Crippen molar-refractivity contribution in [1.29, 1.82) is 0 Å². The fourth-order valence-electron chi connectivity index (χ4n) is 1.13. The van der Waals surface area contributed by atoms with E-state index in [1.54, 1.807) is 0 Å². The van der Waals surface area contributed by atoms with E-state index in [-0.39, 0.29) is 12.3 Å². The molecule has 2 nitrogen and oxygen atoms in total. The minimum Gasteiger partial charge on any atom is -0.435 e. The Bertz CT molecular complexity index is 376. The average Bonchev–Trinajstić information content (AvgIpc) is 2.18. The molecule has 0 N–H and O–H groups in total. The van der Waals surface area contributed by atoms with E-state index < -0.39 is 6.61 Å². The number of nitrogens with zero attached hydrogens (tertiary/aromatic N) is 1. The van der Waals surface area contributed by atoms with Gasteiger partial charge in [-0.3, -0.25) is 0 Å². The predicted molar refractivity (Wildman–Crippen MR) is 53.3 cm³/mol. The Morgan fingerprint density at radius 3 is 2.80 bits per heavy atom. The molecule has 0 radical (unpaired) electrons. The topological polar surface area (TPSA) is 13.6 Å². The number of alkyl halides is 2. The summed E-state index contributed by atoms with van der Waals surface area (Å²) in [6, 6.07) is 4.39. The van der Waals surface area contributed by atoms with Crippen molar-refractivity contribution in [1.82, 2.24) is 0 Å². The molecular formula is C10H8ClF2NO. The zero-order valence-electron chi connectivity index (χ0n) is 7.71. The monoisotopic (exact) mass is 231 g/mol. The molecule has 0 spiro atoms. The van der Waals surface area contributed by atoms with Crippen molar-refractivity contribution >= 4 is 11.6 Å². The van der Waals surface area contributed by atoms with Crippen molar-refractivity contribution < 1.29 is 13.5 Å². The van der Waals surface area contributed by atoms with E-state index in [1.165, 1.54) is 18.2 Å². The van der Waals surface area contributed by atoms with Gasteiger partial charge in [0.1, 0.15) is 5.75 Å². The molecule has 0 unspecified atom stereocenters. The summed E-state index contributed by atoms with van der Waals surface area (Å²) in [4.78, 5) is 3.14. The molecule has 1 aromatic rings. The molecule has 0 atom stereocenters. The van der Waals surface area contributed by atoms with Crippen molar-refractivity contribution in [2.45, 2.75) is 13.0 Å². The van der Waals surface area contributed by atoms with Crippen molar-refractivity contribution in [2.75, 3.05) is 6.54 Å². The third-order valence-electron chi connectivity index (χ3n) is 1.73. The highest BCUT2D eigenvalue weighted by Gasteiger charge is 2.10. The van der Waals surface area contributed by atoms with Crippen LogP contribution in [0.3, 0.4) is 0 Å². The highest BCUT2D eigenvalue weighted by Crippen LogP contribution is 2.24. The van der Waals surface area contributed by atoms with Crippen molar-refractivity contribution in [3.8, 4) is 5.75 Å². The summed E-state index contributed by atoms with van der Waals surface area (Å²) >= 11 is 5.71. The Morgan fingerprint density at radius 2 is 2.20 bits per heavy atom. The molecular weight excluding hydrogens is 224 g/mol. The first-order chi connectivity index (χ1) is 7.13. The van der Waals surface area contributed by atoms with Crippen molar-refractivity contribution in [2.24, 2.45) is 0 Å².